The van der Waals surface area contributed by atoms with E-state index in [0.717, 1.165) is 19.0 Å². The van der Waals surface area contributed by atoms with Gasteiger partial charge in [0.05, 0.1) is 5.69 Å². The van der Waals surface area contributed by atoms with Gasteiger partial charge >= 0.3 is 0 Å². The van der Waals surface area contributed by atoms with E-state index in [4.69, 9.17) is 0 Å². The highest BCUT2D eigenvalue weighted by Gasteiger charge is 2.22. The van der Waals surface area contributed by atoms with Gasteiger partial charge in [0.1, 0.15) is 0 Å². The average Bonchev–Trinajstić information content (AvgIpc) is 2.95. The molecule has 17 heavy (non-hydrogen) atoms. The maximum atomic E-state index is 4.58. The van der Waals surface area contributed by atoms with Gasteiger partial charge in [0.2, 0.25) is 0 Å². The van der Waals surface area contributed by atoms with Crippen molar-refractivity contribution in [1.29, 1.82) is 0 Å². The first kappa shape index (κ1) is 12.6. The summed E-state index contributed by atoms with van der Waals surface area (Å²) in [6, 6.07) is 0. The highest BCUT2D eigenvalue weighted by Crippen LogP contribution is 2.31. The molecule has 1 saturated carbocycles. The largest absolute Gasteiger partial charge is 0.313 e. The van der Waals surface area contributed by atoms with Gasteiger partial charge in [-0.05, 0) is 18.9 Å². The van der Waals surface area contributed by atoms with Gasteiger partial charge in [-0.25, -0.2) is 0 Å². The van der Waals surface area contributed by atoms with Crippen LogP contribution in [0.1, 0.15) is 51.3 Å². The van der Waals surface area contributed by atoms with Crippen LogP contribution in [0, 0.1) is 5.92 Å². The number of nitrogens with zero attached hydrogens (tertiary/aromatic N) is 2. The van der Waals surface area contributed by atoms with Gasteiger partial charge < -0.3 is 5.32 Å². The van der Waals surface area contributed by atoms with E-state index in [9.17, 15) is 0 Å². The van der Waals surface area contributed by atoms with Crippen LogP contribution in [-0.4, -0.2) is 16.3 Å². The Morgan fingerprint density at radius 1 is 1.41 bits per heavy atom. The molecular formula is C14H25N3. The second-order valence-corrected chi connectivity index (χ2v) is 6.34. The van der Waals surface area contributed by atoms with Crippen LogP contribution in [0.3, 0.4) is 0 Å². The molecule has 1 aliphatic carbocycles. The maximum absolute atomic E-state index is 4.58. The zero-order valence-electron chi connectivity index (χ0n) is 11.6. The van der Waals surface area contributed by atoms with E-state index >= 15 is 0 Å². The van der Waals surface area contributed by atoms with Crippen LogP contribution >= 0.6 is 0 Å². The summed E-state index contributed by atoms with van der Waals surface area (Å²) in [6.45, 7) is 8.77. The second kappa shape index (κ2) is 4.81. The van der Waals surface area contributed by atoms with Crippen LogP contribution in [0.25, 0.3) is 0 Å². The van der Waals surface area contributed by atoms with Crippen LogP contribution in [0.2, 0.25) is 0 Å². The van der Waals surface area contributed by atoms with Crippen LogP contribution < -0.4 is 5.32 Å². The summed E-state index contributed by atoms with van der Waals surface area (Å²) in [5.41, 5.74) is 2.70. The van der Waals surface area contributed by atoms with E-state index in [-0.39, 0.29) is 5.41 Å². The fourth-order valence-corrected chi connectivity index (χ4v) is 2.23. The molecule has 0 aromatic carbocycles. The molecule has 1 aromatic heterocycles. The van der Waals surface area contributed by atoms with Crippen molar-refractivity contribution in [2.45, 2.75) is 52.0 Å². The first-order chi connectivity index (χ1) is 7.97. The average molecular weight is 235 g/mol. The molecule has 2 rings (SSSR count). The highest BCUT2D eigenvalue weighted by atomic mass is 15.3. The Morgan fingerprint density at radius 2 is 2.12 bits per heavy atom. The molecule has 0 amide bonds. The smallest absolute Gasteiger partial charge is 0.0722 e. The summed E-state index contributed by atoms with van der Waals surface area (Å²) in [6.07, 6.45) is 6.37. The fourth-order valence-electron chi connectivity index (χ4n) is 2.23. The molecule has 1 fully saturated rings. The first-order valence-corrected chi connectivity index (χ1v) is 6.70. The molecule has 1 N–H and O–H groups in total. The number of nitrogens with one attached hydrogen (secondary N) is 1. The molecule has 1 heterocycles. The standard InChI is InChI=1S/C14H25N3/c1-14(2,3)13-12(10-17(4)16-13)9-15-8-7-11-5-6-11/h10-11,15H,5-9H2,1-4H3. The summed E-state index contributed by atoms with van der Waals surface area (Å²) in [5, 5.41) is 8.13. The summed E-state index contributed by atoms with van der Waals surface area (Å²) in [7, 11) is 2.00. The Balaban J connectivity index is 1.89. The van der Waals surface area contributed by atoms with Crippen molar-refractivity contribution < 1.29 is 0 Å². The molecule has 1 aliphatic rings. The Bertz CT molecular complexity index is 369. The lowest BCUT2D eigenvalue weighted by molar-refractivity contribution is 0.540. The summed E-state index contributed by atoms with van der Waals surface area (Å²) in [4.78, 5) is 0. The van der Waals surface area contributed by atoms with Gasteiger partial charge in [-0.15, -0.1) is 0 Å². The van der Waals surface area contributed by atoms with Crippen molar-refractivity contribution >= 4 is 0 Å². The molecule has 0 bridgehead atoms. The lowest BCUT2D eigenvalue weighted by Gasteiger charge is -2.17. The Hall–Kier alpha value is -0.830. The first-order valence-electron chi connectivity index (χ1n) is 6.70. The van der Waals surface area contributed by atoms with Crippen molar-refractivity contribution in [3.63, 3.8) is 0 Å². The maximum Gasteiger partial charge on any atom is 0.0722 e. The van der Waals surface area contributed by atoms with Crippen molar-refractivity contribution in [2.75, 3.05) is 6.54 Å². The van der Waals surface area contributed by atoms with Gasteiger partial charge in [0, 0.05) is 30.8 Å². The van der Waals surface area contributed by atoms with E-state index in [1.807, 2.05) is 11.7 Å². The van der Waals surface area contributed by atoms with Crippen molar-refractivity contribution in [3.8, 4) is 0 Å². The van der Waals surface area contributed by atoms with Gasteiger partial charge in [0.25, 0.3) is 0 Å². The van der Waals surface area contributed by atoms with E-state index in [1.165, 1.54) is 30.5 Å². The topological polar surface area (TPSA) is 29.9 Å². The minimum absolute atomic E-state index is 0.134. The van der Waals surface area contributed by atoms with Gasteiger partial charge in [0.15, 0.2) is 0 Å². The summed E-state index contributed by atoms with van der Waals surface area (Å²) in [5.74, 6) is 1.01. The quantitative estimate of drug-likeness (QED) is 0.795. The molecule has 0 unspecified atom stereocenters. The molecule has 3 nitrogen and oxygen atoms in total. The van der Waals surface area contributed by atoms with Crippen LogP contribution in [0.4, 0.5) is 0 Å². The normalized spacial score (nSPS) is 16.5. The zero-order valence-corrected chi connectivity index (χ0v) is 11.6. The van der Waals surface area contributed by atoms with Crippen molar-refractivity contribution in [1.82, 2.24) is 15.1 Å². The van der Waals surface area contributed by atoms with Gasteiger partial charge in [-0.1, -0.05) is 33.6 Å². The molecule has 0 aliphatic heterocycles. The number of hydrogen-bond acceptors (Lipinski definition) is 2. The minimum Gasteiger partial charge on any atom is -0.313 e. The molecule has 3 heteroatoms. The molecule has 1 aromatic rings. The molecule has 0 atom stereocenters. The van der Waals surface area contributed by atoms with Crippen LogP contribution in [0.5, 0.6) is 0 Å². The fraction of sp³-hybridized carbons (Fsp3) is 0.786. The third kappa shape index (κ3) is 3.56. The molecule has 0 radical (unpaired) electrons. The Labute approximate surface area is 105 Å². The SMILES string of the molecule is Cn1cc(CNCCC2CC2)c(C(C)(C)C)n1. The lowest BCUT2D eigenvalue weighted by atomic mass is 9.89. The van der Waals surface area contributed by atoms with E-state index < -0.39 is 0 Å². The predicted octanol–water partition coefficient (Wildman–Crippen LogP) is 2.61. The number of rotatable bonds is 5. The molecule has 0 saturated heterocycles. The van der Waals surface area contributed by atoms with E-state index in [2.05, 4.69) is 37.4 Å². The molecule has 0 spiro atoms. The predicted molar refractivity (Wildman–Crippen MR) is 71.0 cm³/mol. The second-order valence-electron chi connectivity index (χ2n) is 6.34. The minimum atomic E-state index is 0.134. The van der Waals surface area contributed by atoms with Crippen LogP contribution in [0.15, 0.2) is 6.20 Å². The molecule has 96 valence electrons. The number of aromatic nitrogens is 2. The van der Waals surface area contributed by atoms with E-state index in [1.54, 1.807) is 0 Å². The summed E-state index contributed by atoms with van der Waals surface area (Å²) >= 11 is 0. The monoisotopic (exact) mass is 235 g/mol. The number of aryl methyl sites for hydroxylation is 1. The van der Waals surface area contributed by atoms with Crippen LogP contribution in [-0.2, 0) is 19.0 Å². The van der Waals surface area contributed by atoms with Gasteiger partial charge in [-0.2, -0.15) is 5.10 Å². The zero-order chi connectivity index (χ0) is 12.5. The number of hydrogen-bond donors (Lipinski definition) is 1. The van der Waals surface area contributed by atoms with Crippen molar-refractivity contribution in [3.05, 3.63) is 17.5 Å². The lowest BCUT2D eigenvalue weighted by Crippen LogP contribution is -2.20. The summed E-state index contributed by atoms with van der Waals surface area (Å²) < 4.78 is 1.93. The van der Waals surface area contributed by atoms with Crippen molar-refractivity contribution in [2.24, 2.45) is 13.0 Å². The third-order valence-corrected chi connectivity index (χ3v) is 3.36. The molecular weight excluding hydrogens is 210 g/mol. The van der Waals surface area contributed by atoms with Gasteiger partial charge in [-0.3, -0.25) is 4.68 Å². The Kier molecular flexibility index (Phi) is 3.57. The third-order valence-electron chi connectivity index (χ3n) is 3.36. The Morgan fingerprint density at radius 3 is 2.71 bits per heavy atom. The highest BCUT2D eigenvalue weighted by molar-refractivity contribution is 5.23. The van der Waals surface area contributed by atoms with E-state index in [0.29, 0.717) is 0 Å².